The van der Waals surface area contributed by atoms with Crippen molar-refractivity contribution in [2.45, 2.75) is 25.9 Å². The van der Waals surface area contributed by atoms with E-state index in [-0.39, 0.29) is 0 Å². The average molecular weight is 350 g/mol. The highest BCUT2D eigenvalue weighted by Crippen LogP contribution is 2.37. The minimum absolute atomic E-state index is 0.300. The van der Waals surface area contributed by atoms with Crippen LogP contribution in [0, 0.1) is 0 Å². The fourth-order valence-electron chi connectivity index (χ4n) is 3.59. The van der Waals surface area contributed by atoms with E-state index in [1.165, 1.54) is 11.3 Å². The lowest BCUT2D eigenvalue weighted by Gasteiger charge is -2.23. The normalized spacial score (nSPS) is 17.8. The summed E-state index contributed by atoms with van der Waals surface area (Å²) in [7, 11) is 0. The Labute approximate surface area is 150 Å². The van der Waals surface area contributed by atoms with Crippen molar-refractivity contribution in [1.82, 2.24) is 4.98 Å². The molecular weight excluding hydrogens is 332 g/mol. The number of rotatable bonds is 3. The van der Waals surface area contributed by atoms with Crippen molar-refractivity contribution in [3.8, 4) is 22.1 Å². The molecule has 0 aliphatic carbocycles. The second-order valence-corrected chi connectivity index (χ2v) is 7.38. The Morgan fingerprint density at radius 1 is 1.16 bits per heavy atom. The van der Waals surface area contributed by atoms with E-state index in [4.69, 9.17) is 14.5 Å². The van der Waals surface area contributed by atoms with Gasteiger partial charge in [-0.2, -0.15) is 0 Å². The maximum absolute atomic E-state index is 5.47. The van der Waals surface area contributed by atoms with Gasteiger partial charge in [0.05, 0.1) is 12.2 Å². The number of thiazole rings is 1. The number of hydrogen-bond acceptors (Lipinski definition) is 5. The number of para-hydroxylation sites is 1. The van der Waals surface area contributed by atoms with Gasteiger partial charge in [0.1, 0.15) is 5.01 Å². The number of aromatic nitrogens is 1. The third-order valence-electron chi connectivity index (χ3n) is 4.85. The van der Waals surface area contributed by atoms with Crippen LogP contribution in [0.4, 0.5) is 5.69 Å². The van der Waals surface area contributed by atoms with Crippen molar-refractivity contribution >= 4 is 17.0 Å². The molecule has 2 aromatic carbocycles. The molecule has 0 bridgehead atoms. The number of benzene rings is 2. The first-order chi connectivity index (χ1) is 12.3. The van der Waals surface area contributed by atoms with Gasteiger partial charge in [0.2, 0.25) is 6.79 Å². The van der Waals surface area contributed by atoms with Gasteiger partial charge < -0.3 is 14.4 Å². The molecule has 1 aromatic heterocycles. The molecule has 3 aromatic rings. The van der Waals surface area contributed by atoms with Crippen molar-refractivity contribution in [2.24, 2.45) is 0 Å². The largest absolute Gasteiger partial charge is 0.454 e. The molecule has 25 heavy (non-hydrogen) atoms. The van der Waals surface area contributed by atoms with Crippen LogP contribution in [0.1, 0.15) is 18.2 Å². The molecular formula is C20H18N2O2S. The molecule has 0 N–H and O–H groups in total. The molecule has 0 spiro atoms. The van der Waals surface area contributed by atoms with E-state index in [2.05, 4.69) is 41.5 Å². The Bertz CT molecular complexity index is 937. The van der Waals surface area contributed by atoms with Gasteiger partial charge in [0, 0.05) is 22.7 Å². The van der Waals surface area contributed by atoms with Gasteiger partial charge in [0.25, 0.3) is 0 Å². The van der Waals surface area contributed by atoms with Crippen LogP contribution in [0.3, 0.4) is 0 Å². The van der Waals surface area contributed by atoms with E-state index in [1.54, 1.807) is 11.3 Å². The van der Waals surface area contributed by atoms with Crippen LogP contribution >= 0.6 is 11.3 Å². The van der Waals surface area contributed by atoms with Gasteiger partial charge in [0.15, 0.2) is 11.5 Å². The first-order valence-electron chi connectivity index (χ1n) is 8.47. The zero-order chi connectivity index (χ0) is 16.8. The van der Waals surface area contributed by atoms with Crippen molar-refractivity contribution in [3.05, 3.63) is 59.1 Å². The van der Waals surface area contributed by atoms with Crippen LogP contribution in [0.15, 0.2) is 47.8 Å². The Kier molecular flexibility index (Phi) is 3.41. The molecule has 0 radical (unpaired) electrons. The predicted octanol–water partition coefficient (Wildman–Crippen LogP) is 4.49. The van der Waals surface area contributed by atoms with Gasteiger partial charge in [-0.15, -0.1) is 11.3 Å². The molecule has 126 valence electrons. The topological polar surface area (TPSA) is 34.6 Å². The highest BCUT2D eigenvalue weighted by Gasteiger charge is 2.26. The number of anilines is 1. The summed E-state index contributed by atoms with van der Waals surface area (Å²) >= 11 is 1.68. The van der Waals surface area contributed by atoms with E-state index in [0.29, 0.717) is 12.8 Å². The summed E-state index contributed by atoms with van der Waals surface area (Å²) in [4.78, 5) is 7.31. The summed E-state index contributed by atoms with van der Waals surface area (Å²) in [6.45, 7) is 3.43. The molecule has 0 saturated heterocycles. The molecule has 0 amide bonds. The molecule has 2 aliphatic heterocycles. The lowest BCUT2D eigenvalue weighted by atomic mass is 10.1. The smallest absolute Gasteiger partial charge is 0.231 e. The Hall–Kier alpha value is -2.53. The molecule has 3 heterocycles. The van der Waals surface area contributed by atoms with E-state index >= 15 is 0 Å². The summed E-state index contributed by atoms with van der Waals surface area (Å²) < 4.78 is 10.9. The molecule has 0 fully saturated rings. The fourth-order valence-corrected chi connectivity index (χ4v) is 4.39. The summed E-state index contributed by atoms with van der Waals surface area (Å²) in [5, 5.41) is 3.18. The molecule has 1 atom stereocenters. The lowest BCUT2D eigenvalue weighted by molar-refractivity contribution is 0.174. The highest BCUT2D eigenvalue weighted by molar-refractivity contribution is 7.13. The SMILES string of the molecule is CC1Cc2ccccc2N1Cc1csc(-c2ccc3c(c2)OCO3)n1. The lowest BCUT2D eigenvalue weighted by Crippen LogP contribution is -2.28. The molecule has 2 aliphatic rings. The summed E-state index contributed by atoms with van der Waals surface area (Å²) in [6, 6.07) is 15.2. The standard InChI is InChI=1S/C20H18N2O2S/c1-13-8-14-4-2-3-5-17(14)22(13)10-16-11-25-20(21-16)15-6-7-18-19(9-15)24-12-23-18/h2-7,9,11,13H,8,10,12H2,1H3. The number of fused-ring (bicyclic) bond motifs is 2. The molecule has 5 heteroatoms. The number of hydrogen-bond donors (Lipinski definition) is 0. The Morgan fingerprint density at radius 2 is 2.04 bits per heavy atom. The maximum atomic E-state index is 5.47. The van der Waals surface area contributed by atoms with Crippen LogP contribution in [0.2, 0.25) is 0 Å². The van der Waals surface area contributed by atoms with Crippen LogP contribution in [-0.2, 0) is 13.0 Å². The van der Waals surface area contributed by atoms with Crippen molar-refractivity contribution in [1.29, 1.82) is 0 Å². The zero-order valence-corrected chi connectivity index (χ0v) is 14.8. The first kappa shape index (κ1) is 14.8. The second-order valence-electron chi connectivity index (χ2n) is 6.52. The van der Waals surface area contributed by atoms with Gasteiger partial charge in [-0.05, 0) is 43.2 Å². The zero-order valence-electron chi connectivity index (χ0n) is 13.9. The van der Waals surface area contributed by atoms with Crippen LogP contribution in [0.5, 0.6) is 11.5 Å². The average Bonchev–Trinajstić information content (AvgIpc) is 3.34. The molecule has 4 nitrogen and oxygen atoms in total. The van der Waals surface area contributed by atoms with Gasteiger partial charge >= 0.3 is 0 Å². The van der Waals surface area contributed by atoms with Crippen LogP contribution in [-0.4, -0.2) is 17.8 Å². The van der Waals surface area contributed by atoms with Gasteiger partial charge in [-0.3, -0.25) is 0 Å². The number of nitrogens with zero attached hydrogens (tertiary/aromatic N) is 2. The highest BCUT2D eigenvalue weighted by atomic mass is 32.1. The number of ether oxygens (including phenoxy) is 2. The molecule has 0 saturated carbocycles. The molecule has 5 rings (SSSR count). The quantitative estimate of drug-likeness (QED) is 0.697. The van der Waals surface area contributed by atoms with E-state index in [1.807, 2.05) is 18.2 Å². The third kappa shape index (κ3) is 2.55. The minimum atomic E-state index is 0.300. The monoisotopic (exact) mass is 350 g/mol. The third-order valence-corrected chi connectivity index (χ3v) is 5.79. The summed E-state index contributed by atoms with van der Waals surface area (Å²) in [5.41, 5.74) is 4.96. The van der Waals surface area contributed by atoms with E-state index in [0.717, 1.165) is 40.7 Å². The van der Waals surface area contributed by atoms with Crippen LogP contribution < -0.4 is 14.4 Å². The fraction of sp³-hybridized carbons (Fsp3) is 0.250. The maximum Gasteiger partial charge on any atom is 0.231 e. The van der Waals surface area contributed by atoms with Crippen LogP contribution in [0.25, 0.3) is 10.6 Å². The predicted molar refractivity (Wildman–Crippen MR) is 99.5 cm³/mol. The van der Waals surface area contributed by atoms with Gasteiger partial charge in [-0.1, -0.05) is 18.2 Å². The minimum Gasteiger partial charge on any atom is -0.454 e. The first-order valence-corrected chi connectivity index (χ1v) is 9.35. The summed E-state index contributed by atoms with van der Waals surface area (Å²) in [5.74, 6) is 1.61. The van der Waals surface area contributed by atoms with Crippen molar-refractivity contribution < 1.29 is 9.47 Å². The van der Waals surface area contributed by atoms with Crippen molar-refractivity contribution in [3.63, 3.8) is 0 Å². The van der Waals surface area contributed by atoms with E-state index < -0.39 is 0 Å². The summed E-state index contributed by atoms with van der Waals surface area (Å²) in [6.07, 6.45) is 1.11. The second kappa shape index (κ2) is 5.77. The van der Waals surface area contributed by atoms with E-state index in [9.17, 15) is 0 Å². The molecule has 1 unspecified atom stereocenters. The van der Waals surface area contributed by atoms with Crippen molar-refractivity contribution in [2.75, 3.05) is 11.7 Å². The Balaban J connectivity index is 1.40. The van der Waals surface area contributed by atoms with Gasteiger partial charge in [-0.25, -0.2) is 4.98 Å². The Morgan fingerprint density at radius 3 is 3.00 bits per heavy atom.